The van der Waals surface area contributed by atoms with Gasteiger partial charge in [0.25, 0.3) is 5.91 Å². The Morgan fingerprint density at radius 1 is 1.29 bits per heavy atom. The van der Waals surface area contributed by atoms with Crippen molar-refractivity contribution in [3.05, 3.63) is 73.1 Å². The Balaban J connectivity index is 3.07. The number of hydrogen-bond donors (Lipinski definition) is 3. The summed E-state index contributed by atoms with van der Waals surface area (Å²) in [5.74, 6) is -0.593. The fraction of sp³-hybridized carbons (Fsp3) is 0.333. The molecule has 1 aromatic rings. The molecule has 0 aliphatic carbocycles. The van der Waals surface area contributed by atoms with Gasteiger partial charge in [-0.3, -0.25) is 20.4 Å². The number of alkyl halides is 1. The molecule has 0 saturated carbocycles. The average molecular weight is 473 g/mol. The molecule has 3 N–H and O–H groups in total. The van der Waals surface area contributed by atoms with E-state index in [1.807, 2.05) is 19.9 Å². The van der Waals surface area contributed by atoms with E-state index in [9.17, 15) is 10.0 Å². The van der Waals surface area contributed by atoms with Crippen LogP contribution in [0.2, 0.25) is 0 Å². The standard InChI is InChI=1S/C24H33FN6O3/c1-8-12-21(28-18(6)30-31(7)33)24(25,10-3)23(32)27-17(5)13-14-19(9-2)20-15-26-16-22(29-20)34-11-4/h8-9,12-16,30,33H,5-6,10-11H2,1-4,7H3,(H,27,32)/b12-8-,14-13-,19-9+,28-21+. The molecule has 1 aromatic heterocycles. The van der Waals surface area contributed by atoms with Crippen molar-refractivity contribution < 1.29 is 19.1 Å². The fourth-order valence-corrected chi connectivity index (χ4v) is 2.74. The number of allylic oxidation sites excluding steroid dienone is 6. The van der Waals surface area contributed by atoms with Crippen LogP contribution in [0.4, 0.5) is 4.39 Å². The number of nitrogens with one attached hydrogen (secondary N) is 2. The third kappa shape index (κ3) is 8.38. The molecule has 0 fully saturated rings. The van der Waals surface area contributed by atoms with Crippen LogP contribution in [-0.4, -0.2) is 51.3 Å². The summed E-state index contributed by atoms with van der Waals surface area (Å²) in [7, 11) is 1.30. The van der Waals surface area contributed by atoms with Crippen LogP contribution in [0, 0.1) is 0 Å². The number of aromatic nitrogens is 2. The summed E-state index contributed by atoms with van der Waals surface area (Å²) in [4.78, 5) is 25.4. The lowest BCUT2D eigenvalue weighted by molar-refractivity contribution is -0.128. The molecule has 9 nitrogen and oxygen atoms in total. The summed E-state index contributed by atoms with van der Waals surface area (Å²) in [5, 5.41) is 12.4. The maximum absolute atomic E-state index is 15.8. The molecule has 0 saturated heterocycles. The van der Waals surface area contributed by atoms with Crippen LogP contribution in [0.1, 0.15) is 39.8 Å². The van der Waals surface area contributed by atoms with Crippen LogP contribution < -0.4 is 15.5 Å². The Morgan fingerprint density at radius 2 is 2.00 bits per heavy atom. The number of aliphatic imine (C=N–C) groups is 1. The first-order chi connectivity index (χ1) is 16.1. The topological polar surface area (TPSA) is 112 Å². The molecule has 1 atom stereocenters. The Hall–Kier alpha value is -3.63. The van der Waals surface area contributed by atoms with E-state index in [-0.39, 0.29) is 23.7 Å². The molecule has 0 spiro atoms. The zero-order chi connectivity index (χ0) is 25.7. The summed E-state index contributed by atoms with van der Waals surface area (Å²) in [6.45, 7) is 14.7. The number of ether oxygens (including phenoxy) is 1. The van der Waals surface area contributed by atoms with Gasteiger partial charge in [-0.2, -0.15) is 0 Å². The van der Waals surface area contributed by atoms with E-state index in [0.717, 1.165) is 0 Å². The Bertz CT molecular complexity index is 1000. The summed E-state index contributed by atoms with van der Waals surface area (Å²) in [6, 6.07) is 0. The van der Waals surface area contributed by atoms with Gasteiger partial charge < -0.3 is 10.1 Å². The number of amides is 1. The summed E-state index contributed by atoms with van der Waals surface area (Å²) in [5.41, 5.74) is 1.19. The lowest BCUT2D eigenvalue weighted by Gasteiger charge is -2.24. The minimum atomic E-state index is -2.47. The highest BCUT2D eigenvalue weighted by Gasteiger charge is 2.41. The molecular weight excluding hydrogens is 439 g/mol. The average Bonchev–Trinajstić information content (AvgIpc) is 2.78. The maximum Gasteiger partial charge on any atom is 0.268 e. The zero-order valence-electron chi connectivity index (χ0n) is 20.3. The molecule has 0 bridgehead atoms. The van der Waals surface area contributed by atoms with E-state index in [4.69, 9.17) is 4.74 Å². The quantitative estimate of drug-likeness (QED) is 0.227. The lowest BCUT2D eigenvalue weighted by Crippen LogP contribution is -2.48. The van der Waals surface area contributed by atoms with Crippen LogP contribution >= 0.6 is 0 Å². The largest absolute Gasteiger partial charge is 0.477 e. The molecule has 1 heterocycles. The van der Waals surface area contributed by atoms with Gasteiger partial charge in [0.05, 0.1) is 30.4 Å². The number of carbonyl (C=O) groups is 1. The minimum Gasteiger partial charge on any atom is -0.477 e. The molecule has 1 rings (SSSR count). The van der Waals surface area contributed by atoms with Gasteiger partial charge in [-0.25, -0.2) is 14.4 Å². The molecule has 34 heavy (non-hydrogen) atoms. The number of hydroxylamine groups is 1. The maximum atomic E-state index is 15.8. The van der Waals surface area contributed by atoms with Crippen molar-refractivity contribution in [1.29, 1.82) is 0 Å². The second-order valence-electron chi connectivity index (χ2n) is 6.97. The van der Waals surface area contributed by atoms with E-state index >= 15 is 4.39 Å². The van der Waals surface area contributed by atoms with Crippen LogP contribution in [0.3, 0.4) is 0 Å². The van der Waals surface area contributed by atoms with Gasteiger partial charge in [-0.15, -0.1) is 5.17 Å². The number of halogens is 1. The van der Waals surface area contributed by atoms with E-state index in [1.165, 1.54) is 32.3 Å². The van der Waals surface area contributed by atoms with Gasteiger partial charge in [0.15, 0.2) is 0 Å². The van der Waals surface area contributed by atoms with Crippen LogP contribution in [0.25, 0.3) is 5.57 Å². The van der Waals surface area contributed by atoms with Gasteiger partial charge in [-0.05, 0) is 44.9 Å². The van der Waals surface area contributed by atoms with E-state index in [0.29, 0.717) is 28.9 Å². The monoisotopic (exact) mass is 472 g/mol. The molecule has 184 valence electrons. The van der Waals surface area contributed by atoms with Crippen molar-refractivity contribution in [2.24, 2.45) is 4.99 Å². The Morgan fingerprint density at radius 3 is 2.56 bits per heavy atom. The number of carbonyl (C=O) groups excluding carboxylic acids is 1. The van der Waals surface area contributed by atoms with Crippen molar-refractivity contribution in [1.82, 2.24) is 25.9 Å². The molecule has 0 aliphatic rings. The Labute approximate surface area is 200 Å². The first-order valence-electron chi connectivity index (χ1n) is 10.7. The first kappa shape index (κ1) is 28.4. The van der Waals surface area contributed by atoms with E-state index < -0.39 is 11.6 Å². The van der Waals surface area contributed by atoms with Crippen molar-refractivity contribution in [2.75, 3.05) is 13.7 Å². The van der Waals surface area contributed by atoms with Crippen LogP contribution in [-0.2, 0) is 4.79 Å². The van der Waals surface area contributed by atoms with Gasteiger partial charge in [0, 0.05) is 12.7 Å². The van der Waals surface area contributed by atoms with Crippen molar-refractivity contribution in [3.8, 4) is 5.88 Å². The molecule has 0 radical (unpaired) electrons. The predicted octanol–water partition coefficient (Wildman–Crippen LogP) is 3.90. The second kappa shape index (κ2) is 13.8. The lowest BCUT2D eigenvalue weighted by atomic mass is 9.94. The SMILES string of the molecule is C=C(/C=C\C(=C/C)c1cncc(OCC)n1)NC(=O)C(F)(CC)C(/C=C\C)=N/C(=C)NN(C)O. The molecule has 0 aliphatic heterocycles. The van der Waals surface area contributed by atoms with E-state index in [2.05, 4.69) is 38.9 Å². The highest BCUT2D eigenvalue weighted by molar-refractivity contribution is 6.17. The second-order valence-corrected chi connectivity index (χ2v) is 6.97. The summed E-state index contributed by atoms with van der Waals surface area (Å²) in [6.07, 6.45) is 10.8. The number of hydrazine groups is 1. The van der Waals surface area contributed by atoms with Crippen molar-refractivity contribution >= 4 is 17.2 Å². The highest BCUT2D eigenvalue weighted by Crippen LogP contribution is 2.22. The van der Waals surface area contributed by atoms with Gasteiger partial charge in [0.2, 0.25) is 11.5 Å². The summed E-state index contributed by atoms with van der Waals surface area (Å²) < 4.78 is 21.2. The van der Waals surface area contributed by atoms with Crippen molar-refractivity contribution in [3.63, 3.8) is 0 Å². The highest BCUT2D eigenvalue weighted by atomic mass is 19.1. The summed E-state index contributed by atoms with van der Waals surface area (Å²) >= 11 is 0. The normalized spacial score (nSPS) is 14.4. The van der Waals surface area contributed by atoms with Gasteiger partial charge in [0.1, 0.15) is 5.82 Å². The van der Waals surface area contributed by atoms with Gasteiger partial charge >= 0.3 is 0 Å². The third-order valence-corrected chi connectivity index (χ3v) is 4.37. The molecular formula is C24H33FN6O3. The number of rotatable bonds is 13. The molecule has 0 aromatic carbocycles. The first-order valence-corrected chi connectivity index (χ1v) is 10.7. The van der Waals surface area contributed by atoms with Crippen LogP contribution in [0.15, 0.2) is 72.4 Å². The predicted molar refractivity (Wildman–Crippen MR) is 131 cm³/mol. The molecule has 10 heteroatoms. The van der Waals surface area contributed by atoms with Crippen molar-refractivity contribution in [2.45, 2.75) is 39.8 Å². The molecule has 1 amide bonds. The number of hydrogen-bond acceptors (Lipinski definition) is 8. The Kier molecular flexibility index (Phi) is 11.5. The zero-order valence-corrected chi connectivity index (χ0v) is 20.3. The smallest absolute Gasteiger partial charge is 0.268 e. The molecule has 1 unspecified atom stereocenters. The van der Waals surface area contributed by atoms with Crippen LogP contribution in [0.5, 0.6) is 5.88 Å². The number of nitrogens with zero attached hydrogens (tertiary/aromatic N) is 4. The van der Waals surface area contributed by atoms with Gasteiger partial charge in [-0.1, -0.05) is 38.3 Å². The minimum absolute atomic E-state index is 0.0479. The third-order valence-electron chi connectivity index (χ3n) is 4.37. The fourth-order valence-electron chi connectivity index (χ4n) is 2.74. The van der Waals surface area contributed by atoms with E-state index in [1.54, 1.807) is 25.3 Å².